The van der Waals surface area contributed by atoms with Gasteiger partial charge in [0.15, 0.2) is 0 Å². The Morgan fingerprint density at radius 3 is 2.50 bits per heavy atom. The Morgan fingerprint density at radius 2 is 1.95 bits per heavy atom. The molecule has 2 N–H and O–H groups in total. The number of alkyl halides is 3. The van der Waals surface area contributed by atoms with Crippen LogP contribution in [-0.2, 0) is 19.3 Å². The van der Waals surface area contributed by atoms with Crippen LogP contribution in [0.25, 0.3) is 0 Å². The van der Waals surface area contributed by atoms with Crippen LogP contribution in [-0.4, -0.2) is 39.3 Å². The molecule has 0 aliphatic carbocycles. The maximum absolute atomic E-state index is 12.7. The number of fused-ring (bicyclic) bond motifs is 1. The Hall–Kier alpha value is -1.15. The lowest BCUT2D eigenvalue weighted by molar-refractivity contribution is -0.148. The van der Waals surface area contributed by atoms with Crippen LogP contribution in [0.15, 0.2) is 0 Å². The molecule has 0 fully saturated rings. The Kier molecular flexibility index (Phi) is 4.33. The van der Waals surface area contributed by atoms with Crippen molar-refractivity contribution >= 4 is 0 Å². The van der Waals surface area contributed by atoms with E-state index < -0.39 is 12.0 Å². The lowest BCUT2D eigenvalue weighted by atomic mass is 9.95. The molecular weight excluding hydrogens is 271 g/mol. The van der Waals surface area contributed by atoms with Crippen molar-refractivity contribution < 1.29 is 13.2 Å². The molecule has 1 aromatic rings. The molecule has 0 amide bonds. The van der Waals surface area contributed by atoms with Gasteiger partial charge in [0.05, 0.1) is 6.54 Å². The van der Waals surface area contributed by atoms with Gasteiger partial charge in [-0.1, -0.05) is 13.8 Å². The largest absolute Gasteiger partial charge is 0.451 e. The maximum atomic E-state index is 12.7. The van der Waals surface area contributed by atoms with Crippen molar-refractivity contribution in [3.8, 4) is 0 Å². The quantitative estimate of drug-likeness (QED) is 0.909. The fourth-order valence-corrected chi connectivity index (χ4v) is 2.46. The second-order valence-electron chi connectivity index (χ2n) is 5.56. The second kappa shape index (κ2) is 5.69. The van der Waals surface area contributed by atoms with Crippen LogP contribution in [0.2, 0.25) is 0 Å². The maximum Gasteiger partial charge on any atom is 0.451 e. The van der Waals surface area contributed by atoms with Gasteiger partial charge in [-0.05, 0) is 18.4 Å². The van der Waals surface area contributed by atoms with Crippen LogP contribution in [0.1, 0.15) is 25.5 Å². The van der Waals surface area contributed by atoms with Crippen molar-refractivity contribution in [1.29, 1.82) is 0 Å². The topological polar surface area (TPSA) is 60.0 Å². The van der Waals surface area contributed by atoms with E-state index in [1.807, 2.05) is 0 Å². The molecule has 2 heterocycles. The van der Waals surface area contributed by atoms with E-state index in [1.165, 1.54) is 4.57 Å². The summed E-state index contributed by atoms with van der Waals surface area (Å²) >= 11 is 0. The number of rotatable bonds is 4. The van der Waals surface area contributed by atoms with Crippen molar-refractivity contribution in [3.05, 3.63) is 11.6 Å². The molecule has 1 aliphatic heterocycles. The predicted molar refractivity (Wildman–Crippen MR) is 67.7 cm³/mol. The zero-order valence-electron chi connectivity index (χ0n) is 11.7. The van der Waals surface area contributed by atoms with Crippen LogP contribution in [0.3, 0.4) is 0 Å². The van der Waals surface area contributed by atoms with Crippen molar-refractivity contribution in [2.45, 2.75) is 33.1 Å². The molecule has 20 heavy (non-hydrogen) atoms. The molecule has 8 heteroatoms. The first kappa shape index (κ1) is 15.2. The van der Waals surface area contributed by atoms with Crippen molar-refractivity contribution in [2.75, 3.05) is 19.6 Å². The van der Waals surface area contributed by atoms with Crippen molar-refractivity contribution in [2.24, 2.45) is 17.6 Å². The van der Waals surface area contributed by atoms with Gasteiger partial charge >= 0.3 is 6.18 Å². The zero-order valence-corrected chi connectivity index (χ0v) is 11.7. The first-order chi connectivity index (χ1) is 9.32. The summed E-state index contributed by atoms with van der Waals surface area (Å²) < 4.78 is 39.3. The number of halogens is 3. The average molecular weight is 291 g/mol. The molecule has 0 spiro atoms. The van der Waals surface area contributed by atoms with Gasteiger partial charge in [-0.3, -0.25) is 4.90 Å². The van der Waals surface area contributed by atoms with Crippen LogP contribution in [0, 0.1) is 11.8 Å². The van der Waals surface area contributed by atoms with Crippen LogP contribution in [0.5, 0.6) is 0 Å². The van der Waals surface area contributed by atoms with Crippen LogP contribution in [0.4, 0.5) is 13.2 Å². The van der Waals surface area contributed by atoms with E-state index in [0.717, 1.165) is 6.54 Å². The normalized spacial score (nSPS) is 18.4. The molecule has 1 atom stereocenters. The van der Waals surface area contributed by atoms with Crippen molar-refractivity contribution in [1.82, 2.24) is 19.7 Å². The summed E-state index contributed by atoms with van der Waals surface area (Å²) in [6.45, 7) is 6.80. The second-order valence-corrected chi connectivity index (χ2v) is 5.56. The van der Waals surface area contributed by atoms with Gasteiger partial charge in [-0.15, -0.1) is 10.2 Å². The monoisotopic (exact) mass is 291 g/mol. The summed E-state index contributed by atoms with van der Waals surface area (Å²) in [6.07, 6.45) is -4.44. The fourth-order valence-electron chi connectivity index (χ4n) is 2.46. The molecule has 0 bridgehead atoms. The first-order valence-electron chi connectivity index (χ1n) is 6.74. The molecular formula is C12H20F3N5. The van der Waals surface area contributed by atoms with E-state index in [9.17, 15) is 13.2 Å². The minimum Gasteiger partial charge on any atom is -0.330 e. The lowest BCUT2D eigenvalue weighted by Crippen LogP contribution is -2.41. The van der Waals surface area contributed by atoms with E-state index in [4.69, 9.17) is 5.73 Å². The summed E-state index contributed by atoms with van der Waals surface area (Å²) in [6, 6.07) is 0. The molecule has 5 nitrogen and oxygen atoms in total. The van der Waals surface area contributed by atoms with Crippen molar-refractivity contribution in [3.63, 3.8) is 0 Å². The van der Waals surface area contributed by atoms with Gasteiger partial charge in [0.25, 0.3) is 0 Å². The van der Waals surface area contributed by atoms with E-state index in [0.29, 0.717) is 37.3 Å². The number of hydrogen-bond donors (Lipinski definition) is 1. The highest BCUT2D eigenvalue weighted by Crippen LogP contribution is 2.29. The molecule has 2 rings (SSSR count). The first-order valence-corrected chi connectivity index (χ1v) is 6.74. The van der Waals surface area contributed by atoms with Gasteiger partial charge in [-0.25, -0.2) is 0 Å². The highest BCUT2D eigenvalue weighted by Gasteiger charge is 2.39. The van der Waals surface area contributed by atoms with E-state index >= 15 is 0 Å². The fraction of sp³-hybridized carbons (Fsp3) is 0.833. The Morgan fingerprint density at radius 1 is 1.25 bits per heavy atom. The van der Waals surface area contributed by atoms with E-state index in [2.05, 4.69) is 28.9 Å². The van der Waals surface area contributed by atoms with Gasteiger partial charge in [0, 0.05) is 19.6 Å². The molecule has 1 unspecified atom stereocenters. The number of nitrogens with two attached hydrogens (primary N) is 1. The minimum absolute atomic E-state index is 0.270. The number of hydrogen-bond acceptors (Lipinski definition) is 4. The molecule has 0 saturated carbocycles. The Bertz CT molecular complexity index is 454. The van der Waals surface area contributed by atoms with Gasteiger partial charge in [0.1, 0.15) is 5.82 Å². The number of aromatic nitrogens is 3. The highest BCUT2D eigenvalue weighted by atomic mass is 19.4. The summed E-state index contributed by atoms with van der Waals surface area (Å²) in [7, 11) is 0. The smallest absolute Gasteiger partial charge is 0.330 e. The molecule has 1 aromatic heterocycles. The third-order valence-corrected chi connectivity index (χ3v) is 3.82. The van der Waals surface area contributed by atoms with Crippen LogP contribution >= 0.6 is 0 Å². The van der Waals surface area contributed by atoms with Gasteiger partial charge in [0.2, 0.25) is 5.82 Å². The summed E-state index contributed by atoms with van der Waals surface area (Å²) in [5, 5.41) is 6.95. The van der Waals surface area contributed by atoms with Gasteiger partial charge in [-0.2, -0.15) is 13.2 Å². The van der Waals surface area contributed by atoms with Crippen LogP contribution < -0.4 is 5.73 Å². The molecule has 0 saturated heterocycles. The highest BCUT2D eigenvalue weighted by molar-refractivity contribution is 5.02. The third-order valence-electron chi connectivity index (χ3n) is 3.82. The molecule has 0 aromatic carbocycles. The molecule has 0 radical (unpaired) electrons. The third kappa shape index (κ3) is 3.12. The van der Waals surface area contributed by atoms with Gasteiger partial charge < -0.3 is 10.3 Å². The lowest BCUT2D eigenvalue weighted by Gasteiger charge is -2.32. The Balaban J connectivity index is 2.07. The summed E-state index contributed by atoms with van der Waals surface area (Å²) in [5.74, 6) is 0.270. The van der Waals surface area contributed by atoms with E-state index in [1.54, 1.807) is 0 Å². The van der Waals surface area contributed by atoms with E-state index in [-0.39, 0.29) is 6.54 Å². The Labute approximate surface area is 115 Å². The molecule has 1 aliphatic rings. The standard InChI is InChI=1S/C12H20F3N5/c1-8(2)9(5-16)6-19-3-4-20-10(7-19)17-18-11(20)12(13,14)15/h8-9H,3-7,16H2,1-2H3. The average Bonchev–Trinajstić information content (AvgIpc) is 2.78. The summed E-state index contributed by atoms with van der Waals surface area (Å²) in [4.78, 5) is 2.10. The summed E-state index contributed by atoms with van der Waals surface area (Å²) in [5.41, 5.74) is 5.74. The molecule has 114 valence electrons. The predicted octanol–water partition coefficient (Wildman–Crippen LogP) is 1.34. The minimum atomic E-state index is -4.44. The zero-order chi connectivity index (χ0) is 14.9. The SMILES string of the molecule is CC(C)C(CN)CN1CCn2c(nnc2C(F)(F)F)C1. The number of nitrogens with zero attached hydrogens (tertiary/aromatic N) is 4.